The summed E-state index contributed by atoms with van der Waals surface area (Å²) in [4.78, 5) is 31.6. The first kappa shape index (κ1) is 13.3. The molecule has 2 N–H and O–H groups in total. The Kier molecular flexibility index (Phi) is 3.41. The Balaban J connectivity index is 1.85. The third kappa shape index (κ3) is 2.50. The molecule has 0 aliphatic carbocycles. The van der Waals surface area contributed by atoms with Gasteiger partial charge >= 0.3 is 5.97 Å². The van der Waals surface area contributed by atoms with Gasteiger partial charge in [0.25, 0.3) is 5.91 Å². The smallest absolute Gasteiger partial charge is 0.348 e. The minimum absolute atomic E-state index is 0.286. The molecule has 2 heterocycles. The number of thiophene rings is 1. The number of aromatic nitrogens is 2. The predicted molar refractivity (Wildman–Crippen MR) is 79.7 cm³/mol. The van der Waals surface area contributed by atoms with E-state index in [2.05, 4.69) is 20.0 Å². The summed E-state index contributed by atoms with van der Waals surface area (Å²) < 4.78 is 4.62. The first-order valence-electron chi connectivity index (χ1n) is 6.10. The number of amides is 1. The van der Waals surface area contributed by atoms with Crippen molar-refractivity contribution in [1.82, 2.24) is 9.97 Å². The summed E-state index contributed by atoms with van der Waals surface area (Å²) in [5, 5.41) is 2.79. The van der Waals surface area contributed by atoms with Gasteiger partial charge in [0, 0.05) is 0 Å². The zero-order chi connectivity index (χ0) is 14.8. The molecule has 106 valence electrons. The number of benzene rings is 1. The van der Waals surface area contributed by atoms with E-state index in [1.165, 1.54) is 7.11 Å². The van der Waals surface area contributed by atoms with Gasteiger partial charge in [-0.1, -0.05) is 6.07 Å². The van der Waals surface area contributed by atoms with Gasteiger partial charge in [-0.25, -0.2) is 9.78 Å². The number of hydrogen-bond donors (Lipinski definition) is 2. The number of anilines is 1. The zero-order valence-electron chi connectivity index (χ0n) is 11.0. The first-order valence-corrected chi connectivity index (χ1v) is 6.92. The Morgan fingerprint density at radius 3 is 2.86 bits per heavy atom. The largest absolute Gasteiger partial charge is 0.465 e. The molecule has 3 rings (SSSR count). The van der Waals surface area contributed by atoms with Gasteiger partial charge in [-0.15, -0.1) is 11.3 Å². The number of para-hydroxylation sites is 1. The van der Waals surface area contributed by atoms with Gasteiger partial charge < -0.3 is 15.0 Å². The van der Waals surface area contributed by atoms with Crippen LogP contribution in [0.15, 0.2) is 36.7 Å². The van der Waals surface area contributed by atoms with E-state index in [1.807, 2.05) is 12.1 Å². The van der Waals surface area contributed by atoms with Gasteiger partial charge in [0.15, 0.2) is 0 Å². The average Bonchev–Trinajstić information content (AvgIpc) is 3.15. The van der Waals surface area contributed by atoms with E-state index >= 15 is 0 Å². The van der Waals surface area contributed by atoms with Crippen LogP contribution in [0.25, 0.3) is 11.0 Å². The van der Waals surface area contributed by atoms with Crippen molar-refractivity contribution in [3.63, 3.8) is 0 Å². The molecule has 0 saturated heterocycles. The summed E-state index contributed by atoms with van der Waals surface area (Å²) in [5.41, 5.74) is 2.15. The van der Waals surface area contributed by atoms with Crippen molar-refractivity contribution in [1.29, 1.82) is 0 Å². The molecule has 0 bridgehead atoms. The van der Waals surface area contributed by atoms with Crippen LogP contribution in [-0.2, 0) is 4.74 Å². The van der Waals surface area contributed by atoms with E-state index in [0.717, 1.165) is 16.9 Å². The van der Waals surface area contributed by atoms with Crippen LogP contribution in [0.1, 0.15) is 19.3 Å². The minimum Gasteiger partial charge on any atom is -0.465 e. The number of imidazole rings is 1. The van der Waals surface area contributed by atoms with E-state index < -0.39 is 5.97 Å². The lowest BCUT2D eigenvalue weighted by Crippen LogP contribution is -2.10. The third-order valence-corrected chi connectivity index (χ3v) is 3.98. The predicted octanol–water partition coefficient (Wildman–Crippen LogP) is 2.66. The topological polar surface area (TPSA) is 84.1 Å². The first-order chi connectivity index (χ1) is 10.2. The number of nitrogens with one attached hydrogen (secondary N) is 2. The molecule has 0 atom stereocenters. The molecular formula is C14H11N3O3S. The molecule has 0 saturated carbocycles. The number of fused-ring (bicyclic) bond motifs is 1. The Morgan fingerprint density at radius 2 is 2.05 bits per heavy atom. The van der Waals surface area contributed by atoms with Gasteiger partial charge in [-0.05, 0) is 24.3 Å². The summed E-state index contributed by atoms with van der Waals surface area (Å²) >= 11 is 1.09. The SMILES string of the molecule is COC(=O)c1ccc(C(=O)Nc2cccc3[nH]cnc23)s1. The second kappa shape index (κ2) is 5.37. The molecule has 0 unspecified atom stereocenters. The second-order valence-electron chi connectivity index (χ2n) is 4.21. The lowest BCUT2D eigenvalue weighted by atomic mass is 10.2. The van der Waals surface area contributed by atoms with Crippen molar-refractivity contribution in [2.24, 2.45) is 0 Å². The number of carbonyl (C=O) groups excluding carboxylic acids is 2. The number of hydrogen-bond acceptors (Lipinski definition) is 5. The van der Waals surface area contributed by atoms with Crippen LogP contribution in [-0.4, -0.2) is 29.0 Å². The summed E-state index contributed by atoms with van der Waals surface area (Å²) in [6.07, 6.45) is 1.57. The Morgan fingerprint density at radius 1 is 1.24 bits per heavy atom. The highest BCUT2D eigenvalue weighted by atomic mass is 32.1. The van der Waals surface area contributed by atoms with Crippen LogP contribution in [0.3, 0.4) is 0 Å². The molecular weight excluding hydrogens is 290 g/mol. The number of H-pyrrole nitrogens is 1. The molecule has 1 aromatic carbocycles. The van der Waals surface area contributed by atoms with Gasteiger partial charge in [-0.3, -0.25) is 4.79 Å². The molecule has 6 nitrogen and oxygen atoms in total. The van der Waals surface area contributed by atoms with Crippen LogP contribution < -0.4 is 5.32 Å². The van der Waals surface area contributed by atoms with E-state index in [0.29, 0.717) is 21.0 Å². The highest BCUT2D eigenvalue weighted by Crippen LogP contribution is 2.22. The highest BCUT2D eigenvalue weighted by molar-refractivity contribution is 7.16. The number of carbonyl (C=O) groups is 2. The van der Waals surface area contributed by atoms with Crippen molar-refractivity contribution >= 4 is 39.9 Å². The molecule has 3 aromatic rings. The number of ether oxygens (including phenoxy) is 1. The van der Waals surface area contributed by atoms with Crippen LogP contribution in [0.2, 0.25) is 0 Å². The van der Waals surface area contributed by atoms with Crippen molar-refractivity contribution in [2.45, 2.75) is 0 Å². The minimum atomic E-state index is -0.451. The summed E-state index contributed by atoms with van der Waals surface area (Å²) in [5.74, 6) is -0.737. The number of nitrogens with zero attached hydrogens (tertiary/aromatic N) is 1. The van der Waals surface area contributed by atoms with Crippen LogP contribution in [0.5, 0.6) is 0 Å². The zero-order valence-corrected chi connectivity index (χ0v) is 11.9. The Labute approximate surface area is 123 Å². The van der Waals surface area contributed by atoms with Gasteiger partial charge in [0.05, 0.1) is 29.5 Å². The lowest BCUT2D eigenvalue weighted by Gasteiger charge is -2.04. The standard InChI is InChI=1S/C14H11N3O3S/c1-20-14(19)11-6-5-10(21-11)13(18)17-9-4-2-3-8-12(9)16-7-15-8/h2-7H,1H3,(H,15,16)(H,17,18). The van der Waals surface area contributed by atoms with Gasteiger partial charge in [0.2, 0.25) is 0 Å². The van der Waals surface area contributed by atoms with Crippen molar-refractivity contribution < 1.29 is 14.3 Å². The average molecular weight is 301 g/mol. The molecule has 0 aliphatic rings. The third-order valence-electron chi connectivity index (χ3n) is 2.91. The van der Waals surface area contributed by atoms with Crippen LogP contribution in [0, 0.1) is 0 Å². The molecule has 21 heavy (non-hydrogen) atoms. The van der Waals surface area contributed by atoms with Crippen molar-refractivity contribution in [2.75, 3.05) is 12.4 Å². The fourth-order valence-electron chi connectivity index (χ4n) is 1.92. The Hall–Kier alpha value is -2.67. The number of methoxy groups -OCH3 is 1. The Bertz CT molecular complexity index is 822. The monoisotopic (exact) mass is 301 g/mol. The number of aromatic amines is 1. The maximum Gasteiger partial charge on any atom is 0.348 e. The summed E-state index contributed by atoms with van der Waals surface area (Å²) in [7, 11) is 1.31. The maximum absolute atomic E-state index is 12.2. The van der Waals surface area contributed by atoms with E-state index in [4.69, 9.17) is 0 Å². The molecule has 7 heteroatoms. The quantitative estimate of drug-likeness (QED) is 0.728. The normalized spacial score (nSPS) is 10.5. The number of esters is 1. The lowest BCUT2D eigenvalue weighted by molar-refractivity contribution is 0.0606. The van der Waals surface area contributed by atoms with E-state index in [1.54, 1.807) is 24.5 Å². The highest BCUT2D eigenvalue weighted by Gasteiger charge is 2.15. The van der Waals surface area contributed by atoms with E-state index in [-0.39, 0.29) is 5.91 Å². The van der Waals surface area contributed by atoms with Crippen molar-refractivity contribution in [3.05, 3.63) is 46.4 Å². The molecule has 0 spiro atoms. The van der Waals surface area contributed by atoms with Crippen molar-refractivity contribution in [3.8, 4) is 0 Å². The molecule has 2 aromatic heterocycles. The molecule has 0 radical (unpaired) electrons. The fourth-order valence-corrected chi connectivity index (χ4v) is 2.74. The second-order valence-corrected chi connectivity index (χ2v) is 5.30. The maximum atomic E-state index is 12.2. The fraction of sp³-hybridized carbons (Fsp3) is 0.0714. The molecule has 0 aliphatic heterocycles. The van der Waals surface area contributed by atoms with E-state index in [9.17, 15) is 9.59 Å². The van der Waals surface area contributed by atoms with Gasteiger partial charge in [-0.2, -0.15) is 0 Å². The summed E-state index contributed by atoms with van der Waals surface area (Å²) in [6.45, 7) is 0. The molecule has 0 fully saturated rings. The number of rotatable bonds is 3. The summed E-state index contributed by atoms with van der Waals surface area (Å²) in [6, 6.07) is 8.64. The van der Waals surface area contributed by atoms with Gasteiger partial charge in [0.1, 0.15) is 10.4 Å². The molecule has 1 amide bonds. The van der Waals surface area contributed by atoms with Crippen LogP contribution >= 0.6 is 11.3 Å². The van der Waals surface area contributed by atoms with Crippen LogP contribution in [0.4, 0.5) is 5.69 Å².